The lowest BCUT2D eigenvalue weighted by Crippen LogP contribution is -2.39. The minimum Gasteiger partial charge on any atom is -0.381 e. The molecule has 1 unspecified atom stereocenters. The van der Waals surface area contributed by atoms with E-state index in [1.165, 1.54) is 11.4 Å². The van der Waals surface area contributed by atoms with Crippen LogP contribution in [0.4, 0.5) is 0 Å². The van der Waals surface area contributed by atoms with Gasteiger partial charge in [0.15, 0.2) is 0 Å². The Bertz CT molecular complexity index is 468. The van der Waals surface area contributed by atoms with Crippen molar-refractivity contribution in [3.63, 3.8) is 0 Å². The highest BCUT2D eigenvalue weighted by molar-refractivity contribution is 7.89. The summed E-state index contributed by atoms with van der Waals surface area (Å²) in [6.45, 7) is 2.69. The van der Waals surface area contributed by atoms with Crippen LogP contribution >= 0.6 is 12.4 Å². The summed E-state index contributed by atoms with van der Waals surface area (Å²) in [6, 6.07) is 9.48. The molecule has 1 aromatic carbocycles. The third-order valence-electron chi connectivity index (χ3n) is 2.82. The molecule has 0 heterocycles. The highest BCUT2D eigenvalue weighted by Gasteiger charge is 2.24. The van der Waals surface area contributed by atoms with Gasteiger partial charge in [-0.15, -0.1) is 12.4 Å². The Balaban J connectivity index is 0.00000361. The van der Waals surface area contributed by atoms with Crippen LogP contribution in [-0.4, -0.2) is 44.8 Å². The Morgan fingerprint density at radius 3 is 2.40 bits per heavy atom. The molecule has 2 N–H and O–H groups in total. The van der Waals surface area contributed by atoms with Gasteiger partial charge < -0.3 is 10.5 Å². The molecule has 1 aromatic rings. The van der Waals surface area contributed by atoms with Gasteiger partial charge in [0, 0.05) is 26.7 Å². The molecule has 0 aliphatic heterocycles. The molecule has 0 fully saturated rings. The van der Waals surface area contributed by atoms with Crippen LogP contribution in [0.3, 0.4) is 0 Å². The molecule has 116 valence electrons. The number of halogens is 1. The number of ether oxygens (including phenoxy) is 1. The second kappa shape index (κ2) is 9.31. The van der Waals surface area contributed by atoms with E-state index in [9.17, 15) is 8.42 Å². The maximum absolute atomic E-state index is 12.3. The third-order valence-corrected chi connectivity index (χ3v) is 4.81. The smallest absolute Gasteiger partial charge is 0.216 e. The monoisotopic (exact) mass is 322 g/mol. The van der Waals surface area contributed by atoms with Crippen LogP contribution in [0.2, 0.25) is 0 Å². The van der Waals surface area contributed by atoms with Crippen molar-refractivity contribution in [2.75, 3.05) is 26.0 Å². The van der Waals surface area contributed by atoms with E-state index in [1.54, 1.807) is 6.92 Å². The van der Waals surface area contributed by atoms with E-state index >= 15 is 0 Å². The van der Waals surface area contributed by atoms with E-state index < -0.39 is 10.0 Å². The van der Waals surface area contributed by atoms with Crippen LogP contribution in [0.1, 0.15) is 12.5 Å². The molecule has 0 saturated heterocycles. The molecule has 7 heteroatoms. The van der Waals surface area contributed by atoms with Gasteiger partial charge in [-0.05, 0) is 12.5 Å². The summed E-state index contributed by atoms with van der Waals surface area (Å²) in [7, 11) is -1.86. The van der Waals surface area contributed by atoms with Crippen molar-refractivity contribution in [2.45, 2.75) is 19.6 Å². The fourth-order valence-corrected chi connectivity index (χ4v) is 3.39. The quantitative estimate of drug-likeness (QED) is 0.781. The summed E-state index contributed by atoms with van der Waals surface area (Å²) < 4.78 is 31.0. The number of hydrogen-bond donors (Lipinski definition) is 1. The second-order valence-electron chi connectivity index (χ2n) is 4.43. The molecule has 0 bridgehead atoms. The first kappa shape index (κ1) is 19.3. The maximum Gasteiger partial charge on any atom is 0.216 e. The summed E-state index contributed by atoms with van der Waals surface area (Å²) in [5.74, 6) is -0.0314. The average molecular weight is 323 g/mol. The molecule has 0 radical (unpaired) electrons. The molecule has 1 atom stereocenters. The summed E-state index contributed by atoms with van der Waals surface area (Å²) >= 11 is 0. The van der Waals surface area contributed by atoms with Crippen LogP contribution in [0.5, 0.6) is 0 Å². The topological polar surface area (TPSA) is 72.6 Å². The summed E-state index contributed by atoms with van der Waals surface area (Å²) in [4.78, 5) is 0. The standard InChI is InChI=1S/C13H22N2O3S.ClH/c1-12(18-2)11-19(16,17)15(9-8-14)10-13-6-4-3-5-7-13;/h3-7,12H,8-11,14H2,1-2H3;1H. The van der Waals surface area contributed by atoms with E-state index in [4.69, 9.17) is 10.5 Å². The molecule has 0 amide bonds. The van der Waals surface area contributed by atoms with Crippen molar-refractivity contribution in [1.29, 1.82) is 0 Å². The number of sulfonamides is 1. The van der Waals surface area contributed by atoms with Crippen LogP contribution < -0.4 is 5.73 Å². The molecule has 0 saturated carbocycles. The number of nitrogens with two attached hydrogens (primary N) is 1. The first-order valence-corrected chi connectivity index (χ1v) is 7.85. The van der Waals surface area contributed by atoms with Crippen molar-refractivity contribution >= 4 is 22.4 Å². The van der Waals surface area contributed by atoms with Crippen molar-refractivity contribution in [1.82, 2.24) is 4.31 Å². The van der Waals surface area contributed by atoms with Gasteiger partial charge in [0.25, 0.3) is 0 Å². The summed E-state index contributed by atoms with van der Waals surface area (Å²) in [6.07, 6.45) is -0.332. The first-order valence-electron chi connectivity index (χ1n) is 6.24. The lowest BCUT2D eigenvalue weighted by atomic mass is 10.2. The molecule has 1 rings (SSSR count). The zero-order valence-electron chi connectivity index (χ0n) is 11.9. The molecule has 0 aromatic heterocycles. The Hall–Kier alpha value is -0.660. The Labute approximate surface area is 127 Å². The fourth-order valence-electron chi connectivity index (χ4n) is 1.72. The largest absolute Gasteiger partial charge is 0.381 e. The molecule has 20 heavy (non-hydrogen) atoms. The van der Waals surface area contributed by atoms with Crippen molar-refractivity contribution in [3.05, 3.63) is 35.9 Å². The second-order valence-corrected chi connectivity index (χ2v) is 6.45. The van der Waals surface area contributed by atoms with Crippen molar-refractivity contribution in [3.8, 4) is 0 Å². The van der Waals surface area contributed by atoms with E-state index in [0.717, 1.165) is 5.56 Å². The SMILES string of the molecule is COC(C)CS(=O)(=O)N(CCN)Cc1ccccc1.Cl. The Kier molecular flexibility index (Phi) is 9.00. The molecular formula is C13H23ClN2O3S. The van der Waals surface area contributed by atoms with E-state index in [0.29, 0.717) is 19.6 Å². The van der Waals surface area contributed by atoms with E-state index in [1.807, 2.05) is 30.3 Å². The lowest BCUT2D eigenvalue weighted by molar-refractivity contribution is 0.135. The van der Waals surface area contributed by atoms with Gasteiger partial charge in [-0.25, -0.2) is 8.42 Å². The number of benzene rings is 1. The number of nitrogens with zero attached hydrogens (tertiary/aromatic N) is 1. The predicted molar refractivity (Wildman–Crippen MR) is 83.4 cm³/mol. The van der Waals surface area contributed by atoms with Crippen LogP contribution in [0.25, 0.3) is 0 Å². The highest BCUT2D eigenvalue weighted by Crippen LogP contribution is 2.11. The molecule has 0 spiro atoms. The number of methoxy groups -OCH3 is 1. The van der Waals surface area contributed by atoms with Crippen molar-refractivity contribution in [2.24, 2.45) is 5.73 Å². The predicted octanol–water partition coefficient (Wildman–Crippen LogP) is 1.23. The van der Waals surface area contributed by atoms with Gasteiger partial charge in [0.1, 0.15) is 0 Å². The van der Waals surface area contributed by atoms with Gasteiger partial charge in [0.2, 0.25) is 10.0 Å². The van der Waals surface area contributed by atoms with Gasteiger partial charge in [0.05, 0.1) is 11.9 Å². The molecule has 5 nitrogen and oxygen atoms in total. The normalized spacial score (nSPS) is 13.0. The average Bonchev–Trinajstić information content (AvgIpc) is 2.39. The number of rotatable bonds is 8. The highest BCUT2D eigenvalue weighted by atomic mass is 35.5. The van der Waals surface area contributed by atoms with Crippen LogP contribution in [-0.2, 0) is 21.3 Å². The zero-order chi connectivity index (χ0) is 14.3. The lowest BCUT2D eigenvalue weighted by Gasteiger charge is -2.23. The molecule has 0 aliphatic rings. The number of hydrogen-bond acceptors (Lipinski definition) is 4. The van der Waals surface area contributed by atoms with Crippen molar-refractivity contribution < 1.29 is 13.2 Å². The van der Waals surface area contributed by atoms with E-state index in [2.05, 4.69) is 0 Å². The third kappa shape index (κ3) is 6.19. The van der Waals surface area contributed by atoms with Gasteiger partial charge in [-0.3, -0.25) is 0 Å². The maximum atomic E-state index is 12.3. The Morgan fingerprint density at radius 1 is 1.30 bits per heavy atom. The molecule has 0 aliphatic carbocycles. The van der Waals surface area contributed by atoms with Gasteiger partial charge >= 0.3 is 0 Å². The fraction of sp³-hybridized carbons (Fsp3) is 0.538. The first-order chi connectivity index (χ1) is 8.99. The van der Waals surface area contributed by atoms with Crippen LogP contribution in [0, 0.1) is 0 Å². The van der Waals surface area contributed by atoms with E-state index in [-0.39, 0.29) is 24.3 Å². The van der Waals surface area contributed by atoms with Crippen LogP contribution in [0.15, 0.2) is 30.3 Å². The zero-order valence-corrected chi connectivity index (χ0v) is 13.5. The summed E-state index contributed by atoms with van der Waals surface area (Å²) in [5, 5.41) is 0. The molecular weight excluding hydrogens is 300 g/mol. The Morgan fingerprint density at radius 2 is 1.90 bits per heavy atom. The van der Waals surface area contributed by atoms with Gasteiger partial charge in [-0.1, -0.05) is 30.3 Å². The summed E-state index contributed by atoms with van der Waals surface area (Å²) in [5.41, 5.74) is 6.45. The minimum atomic E-state index is -3.37. The van der Waals surface area contributed by atoms with Gasteiger partial charge in [-0.2, -0.15) is 4.31 Å². The minimum absolute atomic E-state index is 0.